The normalized spacial score (nSPS) is 15.3. The zero-order valence-corrected chi connectivity index (χ0v) is 17.5. The molecule has 0 saturated carbocycles. The Kier molecular flexibility index (Phi) is 6.24. The number of hydrogen-bond donors (Lipinski definition) is 2. The molecule has 1 aromatic carbocycles. The summed E-state index contributed by atoms with van der Waals surface area (Å²) in [6.07, 6.45) is 3.79. The largest absolute Gasteiger partial charge is 0.487 e. The van der Waals surface area contributed by atoms with Crippen molar-refractivity contribution in [3.8, 4) is 23.1 Å². The number of amides is 1. The fourth-order valence-corrected chi connectivity index (χ4v) is 3.54. The minimum atomic E-state index is -0.512. The molecular formula is C23H22N6O3. The summed E-state index contributed by atoms with van der Waals surface area (Å²) in [6.45, 7) is 2.31. The molecule has 2 aromatic heterocycles. The summed E-state index contributed by atoms with van der Waals surface area (Å²) in [6, 6.07) is 13.0. The van der Waals surface area contributed by atoms with E-state index in [1.54, 1.807) is 35.5 Å². The molecule has 1 atom stereocenters. The first kappa shape index (κ1) is 21.2. The lowest BCUT2D eigenvalue weighted by Gasteiger charge is -2.17. The number of nitrogens with zero attached hydrogens (tertiary/aromatic N) is 5. The second-order valence-electron chi connectivity index (χ2n) is 7.43. The number of ether oxygens (including phenoxy) is 1. The van der Waals surface area contributed by atoms with Crippen LogP contribution in [-0.2, 0) is 4.79 Å². The molecule has 1 fully saturated rings. The Morgan fingerprint density at radius 1 is 1.28 bits per heavy atom. The number of nitriles is 1. The summed E-state index contributed by atoms with van der Waals surface area (Å²) in [7, 11) is 0. The lowest BCUT2D eigenvalue weighted by molar-refractivity contribution is -0.133. The number of hydrogen-bond acceptors (Lipinski definition) is 8. The number of likely N-dealkylation sites (tertiary alicyclic amines) is 1. The van der Waals surface area contributed by atoms with Gasteiger partial charge in [-0.25, -0.2) is 9.97 Å². The van der Waals surface area contributed by atoms with E-state index in [9.17, 15) is 10.1 Å². The van der Waals surface area contributed by atoms with E-state index >= 15 is 0 Å². The van der Waals surface area contributed by atoms with Crippen LogP contribution < -0.4 is 10.1 Å². The molecule has 9 heteroatoms. The topological polar surface area (TPSA) is 124 Å². The van der Waals surface area contributed by atoms with Gasteiger partial charge in [-0.2, -0.15) is 5.26 Å². The van der Waals surface area contributed by atoms with Gasteiger partial charge in [0, 0.05) is 42.3 Å². The van der Waals surface area contributed by atoms with E-state index in [2.05, 4.69) is 26.3 Å². The monoisotopic (exact) mass is 430 g/mol. The van der Waals surface area contributed by atoms with Crippen LogP contribution in [0.1, 0.15) is 17.7 Å². The van der Waals surface area contributed by atoms with Gasteiger partial charge in [-0.3, -0.25) is 9.78 Å². The maximum Gasteiger partial charge on any atom is 0.248 e. The Bertz CT molecular complexity index is 1180. The van der Waals surface area contributed by atoms with E-state index in [1.807, 2.05) is 25.1 Å². The molecule has 3 heterocycles. The van der Waals surface area contributed by atoms with E-state index in [-0.39, 0.29) is 12.0 Å². The molecule has 0 unspecified atom stereocenters. The number of pyridine rings is 1. The average Bonchev–Trinajstić information content (AvgIpc) is 3.27. The van der Waals surface area contributed by atoms with Gasteiger partial charge < -0.3 is 20.1 Å². The summed E-state index contributed by atoms with van der Waals surface area (Å²) in [5, 5.41) is 21.8. The minimum Gasteiger partial charge on any atom is -0.487 e. The van der Waals surface area contributed by atoms with Gasteiger partial charge >= 0.3 is 0 Å². The number of anilines is 2. The number of aryl methyl sites for hydroxylation is 1. The van der Waals surface area contributed by atoms with Crippen molar-refractivity contribution in [1.29, 1.82) is 5.26 Å². The lowest BCUT2D eigenvalue weighted by atomic mass is 10.1. The molecule has 0 radical (unpaired) electrons. The molecular weight excluding hydrogens is 408 g/mol. The number of benzene rings is 1. The van der Waals surface area contributed by atoms with Crippen LogP contribution in [0.5, 0.6) is 5.75 Å². The van der Waals surface area contributed by atoms with Crippen LogP contribution >= 0.6 is 0 Å². The zero-order chi connectivity index (χ0) is 22.5. The van der Waals surface area contributed by atoms with Crippen LogP contribution in [0.3, 0.4) is 0 Å². The fraction of sp³-hybridized carbons (Fsp3) is 0.261. The van der Waals surface area contributed by atoms with Crippen molar-refractivity contribution in [3.63, 3.8) is 0 Å². The summed E-state index contributed by atoms with van der Waals surface area (Å²) in [5.41, 5.74) is 3.52. The highest BCUT2D eigenvalue weighted by Crippen LogP contribution is 2.28. The molecule has 2 N–H and O–H groups in total. The maximum atomic E-state index is 11.6. The molecule has 32 heavy (non-hydrogen) atoms. The number of aromatic nitrogens is 3. The van der Waals surface area contributed by atoms with Crippen molar-refractivity contribution in [3.05, 3.63) is 60.0 Å². The van der Waals surface area contributed by atoms with E-state index in [0.29, 0.717) is 42.5 Å². The lowest BCUT2D eigenvalue weighted by Crippen LogP contribution is -2.32. The smallest absolute Gasteiger partial charge is 0.248 e. The number of carbonyl (C=O) groups excluding carboxylic acids is 1. The molecule has 1 aliphatic rings. The number of rotatable bonds is 6. The van der Waals surface area contributed by atoms with Crippen molar-refractivity contribution in [2.45, 2.75) is 19.4 Å². The van der Waals surface area contributed by atoms with E-state index in [0.717, 1.165) is 16.9 Å². The van der Waals surface area contributed by atoms with Gasteiger partial charge in [-0.1, -0.05) is 0 Å². The summed E-state index contributed by atoms with van der Waals surface area (Å²) in [4.78, 5) is 26.2. The number of carbonyl (C=O) groups is 1. The molecule has 1 amide bonds. The third-order valence-electron chi connectivity index (χ3n) is 5.13. The standard InChI is InChI=1S/C23H22N6O3/c1-15-10-18(4-7-25-15)27-23-26-8-5-20(28-23)16-2-3-21(17(11-16)12-24)32-19-6-9-29(13-19)22(31)14-30/h2-5,7-8,10-11,19,30H,6,9,13-14H2,1H3,(H,25,26,27,28)/t19-/m1/s1. The second kappa shape index (κ2) is 9.41. The van der Waals surface area contributed by atoms with Crippen LogP contribution in [0, 0.1) is 18.3 Å². The summed E-state index contributed by atoms with van der Waals surface area (Å²) < 4.78 is 5.98. The van der Waals surface area contributed by atoms with Crippen molar-refractivity contribution >= 4 is 17.5 Å². The van der Waals surface area contributed by atoms with Crippen LogP contribution in [0.4, 0.5) is 11.6 Å². The number of nitrogens with one attached hydrogen (secondary N) is 1. The van der Waals surface area contributed by atoms with Crippen molar-refractivity contribution in [1.82, 2.24) is 19.9 Å². The molecule has 1 saturated heterocycles. The molecule has 1 aliphatic heterocycles. The summed E-state index contributed by atoms with van der Waals surface area (Å²) in [5.74, 6) is 0.577. The molecule has 0 spiro atoms. The van der Waals surface area contributed by atoms with Crippen LogP contribution in [-0.4, -0.2) is 56.7 Å². The Morgan fingerprint density at radius 2 is 2.12 bits per heavy atom. The Labute approximate surface area is 185 Å². The predicted octanol–water partition coefficient (Wildman–Crippen LogP) is 2.43. The van der Waals surface area contributed by atoms with Gasteiger partial charge in [0.25, 0.3) is 0 Å². The quantitative estimate of drug-likeness (QED) is 0.611. The Hall–Kier alpha value is -4.03. The highest BCUT2D eigenvalue weighted by Gasteiger charge is 2.27. The van der Waals surface area contributed by atoms with Gasteiger partial charge in [0.1, 0.15) is 24.5 Å². The molecule has 0 aliphatic carbocycles. The highest BCUT2D eigenvalue weighted by atomic mass is 16.5. The van der Waals surface area contributed by atoms with Crippen LogP contribution in [0.25, 0.3) is 11.3 Å². The van der Waals surface area contributed by atoms with E-state index < -0.39 is 6.61 Å². The van der Waals surface area contributed by atoms with Crippen LogP contribution in [0.15, 0.2) is 48.8 Å². The number of aliphatic hydroxyl groups excluding tert-OH is 1. The van der Waals surface area contributed by atoms with Gasteiger partial charge in [0.15, 0.2) is 0 Å². The molecule has 4 rings (SSSR count). The van der Waals surface area contributed by atoms with Crippen LogP contribution in [0.2, 0.25) is 0 Å². The molecule has 9 nitrogen and oxygen atoms in total. The van der Waals surface area contributed by atoms with Gasteiger partial charge in [0.2, 0.25) is 11.9 Å². The fourth-order valence-electron chi connectivity index (χ4n) is 3.54. The highest BCUT2D eigenvalue weighted by molar-refractivity contribution is 5.77. The first-order valence-corrected chi connectivity index (χ1v) is 10.2. The molecule has 0 bridgehead atoms. The Morgan fingerprint density at radius 3 is 2.91 bits per heavy atom. The molecule has 162 valence electrons. The minimum absolute atomic E-state index is 0.220. The maximum absolute atomic E-state index is 11.6. The van der Waals surface area contributed by atoms with Crippen molar-refractivity contribution in [2.24, 2.45) is 0 Å². The second-order valence-corrected chi connectivity index (χ2v) is 7.43. The third kappa shape index (κ3) is 4.82. The third-order valence-corrected chi connectivity index (χ3v) is 5.13. The first-order valence-electron chi connectivity index (χ1n) is 10.2. The average molecular weight is 430 g/mol. The van der Waals surface area contributed by atoms with Gasteiger partial charge in [0.05, 0.1) is 17.8 Å². The SMILES string of the molecule is Cc1cc(Nc2nccc(-c3ccc(O[C@@H]4CCN(C(=O)CO)C4)c(C#N)c3)n2)ccn1. The van der Waals surface area contributed by atoms with Crippen molar-refractivity contribution < 1.29 is 14.6 Å². The number of aliphatic hydroxyl groups is 1. The van der Waals surface area contributed by atoms with E-state index in [1.165, 1.54) is 0 Å². The first-order chi connectivity index (χ1) is 15.6. The summed E-state index contributed by atoms with van der Waals surface area (Å²) >= 11 is 0. The van der Waals surface area contributed by atoms with Gasteiger partial charge in [-0.05, 0) is 43.3 Å². The predicted molar refractivity (Wildman–Crippen MR) is 117 cm³/mol. The Balaban J connectivity index is 1.51. The molecule has 3 aromatic rings. The van der Waals surface area contributed by atoms with E-state index in [4.69, 9.17) is 9.84 Å². The zero-order valence-electron chi connectivity index (χ0n) is 17.5. The van der Waals surface area contributed by atoms with Crippen molar-refractivity contribution in [2.75, 3.05) is 25.0 Å². The van der Waals surface area contributed by atoms with Gasteiger partial charge in [-0.15, -0.1) is 0 Å².